The van der Waals surface area contributed by atoms with Crippen LogP contribution in [0.3, 0.4) is 0 Å². The van der Waals surface area contributed by atoms with Gasteiger partial charge in [0.1, 0.15) is 12.4 Å². The van der Waals surface area contributed by atoms with Crippen LogP contribution in [0.4, 0.5) is 0 Å². The maximum Gasteiger partial charge on any atom is 0.162 e. The van der Waals surface area contributed by atoms with E-state index in [2.05, 4.69) is 6.07 Å². The van der Waals surface area contributed by atoms with Crippen LogP contribution >= 0.6 is 11.8 Å². The predicted octanol–water partition coefficient (Wildman–Crippen LogP) is 3.88. The lowest BCUT2D eigenvalue weighted by Gasteiger charge is -2.12. The average Bonchev–Trinajstić information content (AvgIpc) is 2.59. The zero-order chi connectivity index (χ0) is 15.9. The van der Waals surface area contributed by atoms with Gasteiger partial charge < -0.3 is 14.2 Å². The zero-order valence-electron chi connectivity index (χ0n) is 12.8. The van der Waals surface area contributed by atoms with Gasteiger partial charge in [0, 0.05) is 11.0 Å². The Balaban J connectivity index is 2.15. The van der Waals surface area contributed by atoms with Crippen LogP contribution in [-0.2, 0) is 6.61 Å². The van der Waals surface area contributed by atoms with Crippen molar-refractivity contribution in [3.05, 3.63) is 47.5 Å². The second-order valence-electron chi connectivity index (χ2n) is 4.46. The number of methoxy groups -OCH3 is 2. The standard InChI is InChI=1S/C17H17NO3S/c1-19-15-8-12(10-18)4-6-14(15)21-11-13-5-7-17(22-3)16(9-13)20-2/h4-9H,11H2,1-3H3. The van der Waals surface area contributed by atoms with Gasteiger partial charge in [0.05, 0.1) is 25.9 Å². The third kappa shape index (κ3) is 3.66. The second-order valence-corrected chi connectivity index (χ2v) is 5.30. The molecular weight excluding hydrogens is 298 g/mol. The summed E-state index contributed by atoms with van der Waals surface area (Å²) in [5, 5.41) is 8.90. The number of hydrogen-bond acceptors (Lipinski definition) is 5. The third-order valence-corrected chi connectivity index (χ3v) is 3.91. The van der Waals surface area contributed by atoms with Crippen molar-refractivity contribution in [3.8, 4) is 23.3 Å². The highest BCUT2D eigenvalue weighted by Crippen LogP contribution is 2.31. The van der Waals surface area contributed by atoms with E-state index in [1.807, 2.05) is 24.5 Å². The Bertz CT molecular complexity index is 695. The molecule has 0 bridgehead atoms. The molecule has 0 aliphatic rings. The summed E-state index contributed by atoms with van der Waals surface area (Å²) in [6.45, 7) is 0.396. The maximum absolute atomic E-state index is 8.90. The highest BCUT2D eigenvalue weighted by atomic mass is 32.2. The summed E-state index contributed by atoms with van der Waals surface area (Å²) in [6, 6.07) is 13.2. The minimum atomic E-state index is 0.396. The lowest BCUT2D eigenvalue weighted by atomic mass is 10.2. The highest BCUT2D eigenvalue weighted by Gasteiger charge is 2.08. The highest BCUT2D eigenvalue weighted by molar-refractivity contribution is 7.98. The van der Waals surface area contributed by atoms with E-state index in [1.54, 1.807) is 44.2 Å². The van der Waals surface area contributed by atoms with Gasteiger partial charge >= 0.3 is 0 Å². The molecule has 0 unspecified atom stereocenters. The molecule has 0 radical (unpaired) electrons. The Morgan fingerprint density at radius 3 is 2.41 bits per heavy atom. The quantitative estimate of drug-likeness (QED) is 0.757. The Morgan fingerprint density at radius 1 is 1.00 bits per heavy atom. The first-order valence-electron chi connectivity index (χ1n) is 6.63. The van der Waals surface area contributed by atoms with Crippen LogP contribution in [0, 0.1) is 11.3 Å². The van der Waals surface area contributed by atoms with Crippen molar-refractivity contribution in [1.29, 1.82) is 5.26 Å². The van der Waals surface area contributed by atoms with Gasteiger partial charge in [0.25, 0.3) is 0 Å². The van der Waals surface area contributed by atoms with E-state index in [4.69, 9.17) is 19.5 Å². The van der Waals surface area contributed by atoms with Crippen molar-refractivity contribution in [2.75, 3.05) is 20.5 Å². The van der Waals surface area contributed by atoms with E-state index in [0.29, 0.717) is 23.7 Å². The van der Waals surface area contributed by atoms with E-state index in [-0.39, 0.29) is 0 Å². The molecule has 5 heteroatoms. The molecule has 0 atom stereocenters. The van der Waals surface area contributed by atoms with E-state index in [9.17, 15) is 0 Å². The molecule has 0 fully saturated rings. The van der Waals surface area contributed by atoms with Gasteiger partial charge in [-0.05, 0) is 36.1 Å². The van der Waals surface area contributed by atoms with Crippen LogP contribution in [0.5, 0.6) is 17.2 Å². The van der Waals surface area contributed by atoms with Crippen LogP contribution in [-0.4, -0.2) is 20.5 Å². The summed E-state index contributed by atoms with van der Waals surface area (Å²) >= 11 is 1.64. The monoisotopic (exact) mass is 315 g/mol. The molecule has 0 aliphatic carbocycles. The molecule has 2 aromatic rings. The normalized spacial score (nSPS) is 9.91. The van der Waals surface area contributed by atoms with E-state index in [1.165, 1.54) is 0 Å². The summed E-state index contributed by atoms with van der Waals surface area (Å²) < 4.78 is 16.4. The van der Waals surface area contributed by atoms with Crippen molar-refractivity contribution >= 4 is 11.8 Å². The summed E-state index contributed by atoms with van der Waals surface area (Å²) in [5.74, 6) is 1.99. The van der Waals surface area contributed by atoms with Crippen LogP contribution < -0.4 is 14.2 Å². The van der Waals surface area contributed by atoms with Gasteiger partial charge in [-0.15, -0.1) is 11.8 Å². The Hall–Kier alpha value is -2.32. The smallest absolute Gasteiger partial charge is 0.162 e. The first kappa shape index (κ1) is 16.1. The summed E-state index contributed by atoms with van der Waals surface area (Å²) in [7, 11) is 3.21. The van der Waals surface area contributed by atoms with Crippen LogP contribution in [0.1, 0.15) is 11.1 Å². The molecule has 0 aliphatic heterocycles. The van der Waals surface area contributed by atoms with Crippen LogP contribution in [0.2, 0.25) is 0 Å². The summed E-state index contributed by atoms with van der Waals surface area (Å²) in [4.78, 5) is 1.09. The molecule has 114 valence electrons. The molecule has 2 aromatic carbocycles. The van der Waals surface area contributed by atoms with Gasteiger partial charge in [-0.1, -0.05) is 6.07 Å². The first-order chi connectivity index (χ1) is 10.7. The molecule has 0 N–H and O–H groups in total. The van der Waals surface area contributed by atoms with E-state index in [0.717, 1.165) is 16.2 Å². The molecule has 4 nitrogen and oxygen atoms in total. The molecule has 0 saturated heterocycles. The molecule has 0 spiro atoms. The zero-order valence-corrected chi connectivity index (χ0v) is 13.6. The van der Waals surface area contributed by atoms with Crippen molar-refractivity contribution in [2.45, 2.75) is 11.5 Å². The van der Waals surface area contributed by atoms with E-state index < -0.39 is 0 Å². The largest absolute Gasteiger partial charge is 0.496 e. The number of ether oxygens (including phenoxy) is 3. The summed E-state index contributed by atoms with van der Waals surface area (Å²) in [5.41, 5.74) is 1.54. The predicted molar refractivity (Wildman–Crippen MR) is 86.8 cm³/mol. The van der Waals surface area contributed by atoms with Crippen molar-refractivity contribution in [1.82, 2.24) is 0 Å². The molecule has 0 heterocycles. The molecular formula is C17H17NO3S. The minimum Gasteiger partial charge on any atom is -0.496 e. The van der Waals surface area contributed by atoms with Gasteiger partial charge in [0.2, 0.25) is 0 Å². The number of hydrogen-bond donors (Lipinski definition) is 0. The molecule has 22 heavy (non-hydrogen) atoms. The fourth-order valence-electron chi connectivity index (χ4n) is 1.99. The molecule has 0 saturated carbocycles. The average molecular weight is 315 g/mol. The fourth-order valence-corrected chi connectivity index (χ4v) is 2.54. The molecule has 0 amide bonds. The maximum atomic E-state index is 8.90. The van der Waals surface area contributed by atoms with Gasteiger partial charge in [-0.25, -0.2) is 0 Å². The molecule has 2 rings (SSSR count). The van der Waals surface area contributed by atoms with Crippen molar-refractivity contribution < 1.29 is 14.2 Å². The van der Waals surface area contributed by atoms with Gasteiger partial charge in [0.15, 0.2) is 11.5 Å². The number of benzene rings is 2. The van der Waals surface area contributed by atoms with Gasteiger partial charge in [-0.3, -0.25) is 0 Å². The topological polar surface area (TPSA) is 51.5 Å². The number of thioether (sulfide) groups is 1. The summed E-state index contributed by atoms with van der Waals surface area (Å²) in [6.07, 6.45) is 2.01. The lowest BCUT2D eigenvalue weighted by molar-refractivity contribution is 0.283. The van der Waals surface area contributed by atoms with Crippen LogP contribution in [0.15, 0.2) is 41.3 Å². The fraction of sp³-hybridized carbons (Fsp3) is 0.235. The molecule has 0 aromatic heterocycles. The third-order valence-electron chi connectivity index (χ3n) is 3.14. The Kier molecular flexibility index (Phi) is 5.56. The number of nitriles is 1. The Labute approximate surface area is 134 Å². The van der Waals surface area contributed by atoms with E-state index >= 15 is 0 Å². The number of rotatable bonds is 6. The minimum absolute atomic E-state index is 0.396. The SMILES string of the molecule is COc1cc(C#N)ccc1OCc1ccc(SC)c(OC)c1. The van der Waals surface area contributed by atoms with Crippen molar-refractivity contribution in [2.24, 2.45) is 0 Å². The lowest BCUT2D eigenvalue weighted by Crippen LogP contribution is -1.99. The van der Waals surface area contributed by atoms with Crippen LogP contribution in [0.25, 0.3) is 0 Å². The second kappa shape index (κ2) is 7.62. The Morgan fingerprint density at radius 2 is 1.77 bits per heavy atom. The van der Waals surface area contributed by atoms with Gasteiger partial charge in [-0.2, -0.15) is 5.26 Å². The first-order valence-corrected chi connectivity index (χ1v) is 7.86. The van der Waals surface area contributed by atoms with Crippen molar-refractivity contribution in [3.63, 3.8) is 0 Å². The number of nitrogens with zero attached hydrogens (tertiary/aromatic N) is 1.